The van der Waals surface area contributed by atoms with E-state index in [-0.39, 0.29) is 37.9 Å². The van der Waals surface area contributed by atoms with E-state index in [1.54, 1.807) is 0 Å². The molecule has 0 aromatic heterocycles. The Kier molecular flexibility index (Phi) is 12.4. The number of rotatable bonds is 15. The summed E-state index contributed by atoms with van der Waals surface area (Å²) in [5.41, 5.74) is 11.4. The summed E-state index contributed by atoms with van der Waals surface area (Å²) in [6.45, 7) is 12.5. The standard InChI is InChI=1S/C46H55NO6/c1-30-7-12-42(25-31(30)2)47(40-13-8-36(9-14-40)45(3,4)38-26-32(17-21-48)43(52)33(27-38)18-22-49)41-15-10-37(11-16-41)46(5,6)39-28-34(19-23-50)44(53)35(29-39)20-24-51/h7-16,25-29,48-53H,17-24H2,1-6H3. The van der Waals surface area contributed by atoms with Crippen molar-refractivity contribution in [2.24, 2.45) is 0 Å². The molecule has 0 saturated heterocycles. The molecule has 0 aliphatic carbocycles. The highest BCUT2D eigenvalue weighted by molar-refractivity contribution is 5.77. The molecule has 5 rings (SSSR count). The first-order chi connectivity index (χ1) is 25.3. The molecule has 0 aliphatic rings. The van der Waals surface area contributed by atoms with Gasteiger partial charge in [0.25, 0.3) is 0 Å². The lowest BCUT2D eigenvalue weighted by Crippen LogP contribution is -2.21. The zero-order valence-electron chi connectivity index (χ0n) is 31.9. The molecule has 0 heterocycles. The van der Waals surface area contributed by atoms with Crippen molar-refractivity contribution in [3.63, 3.8) is 0 Å². The number of phenolic OH excluding ortho intramolecular Hbond substituents is 2. The SMILES string of the molecule is Cc1ccc(N(c2ccc(C(C)(C)c3cc(CCO)c(O)c(CCO)c3)cc2)c2ccc(C(C)(C)c3cc(CCO)c(O)c(CCO)c3)cc2)cc1C. The van der Waals surface area contributed by atoms with Crippen LogP contribution >= 0.6 is 0 Å². The molecule has 0 amide bonds. The normalized spacial score (nSPS) is 12.0. The Morgan fingerprint density at radius 1 is 0.415 bits per heavy atom. The largest absolute Gasteiger partial charge is 0.507 e. The van der Waals surface area contributed by atoms with E-state index in [1.165, 1.54) is 11.1 Å². The van der Waals surface area contributed by atoms with E-state index < -0.39 is 10.8 Å². The Bertz CT molecular complexity index is 1840. The summed E-state index contributed by atoms with van der Waals surface area (Å²) in [6, 6.07) is 31.4. The first-order valence-electron chi connectivity index (χ1n) is 18.5. The molecule has 5 aromatic carbocycles. The van der Waals surface area contributed by atoms with E-state index in [1.807, 2.05) is 24.3 Å². The van der Waals surface area contributed by atoms with E-state index in [0.717, 1.165) is 39.3 Å². The summed E-state index contributed by atoms with van der Waals surface area (Å²) in [7, 11) is 0. The molecule has 0 bridgehead atoms. The van der Waals surface area contributed by atoms with Crippen LogP contribution in [0.2, 0.25) is 0 Å². The number of anilines is 3. The first kappa shape index (κ1) is 39.5. The Labute approximate surface area is 314 Å². The topological polar surface area (TPSA) is 125 Å². The molecule has 280 valence electrons. The monoisotopic (exact) mass is 717 g/mol. The van der Waals surface area contributed by atoms with Gasteiger partial charge in [-0.3, -0.25) is 0 Å². The number of aromatic hydroxyl groups is 2. The van der Waals surface area contributed by atoms with Gasteiger partial charge in [0, 0.05) is 54.3 Å². The summed E-state index contributed by atoms with van der Waals surface area (Å²) in [6.07, 6.45) is 1.33. The van der Waals surface area contributed by atoms with Crippen molar-refractivity contribution in [1.82, 2.24) is 0 Å². The van der Waals surface area contributed by atoms with Gasteiger partial charge < -0.3 is 35.5 Å². The molecule has 0 atom stereocenters. The van der Waals surface area contributed by atoms with Crippen LogP contribution in [-0.2, 0) is 36.5 Å². The van der Waals surface area contributed by atoms with Crippen LogP contribution in [0.25, 0.3) is 0 Å². The first-order valence-corrected chi connectivity index (χ1v) is 18.5. The Hall–Kier alpha value is -4.66. The predicted octanol–water partition coefficient (Wildman–Crippen LogP) is 7.98. The molecule has 7 heteroatoms. The minimum absolute atomic E-state index is 0.0779. The second kappa shape index (κ2) is 16.6. The molecule has 53 heavy (non-hydrogen) atoms. The van der Waals surface area contributed by atoms with E-state index in [4.69, 9.17) is 0 Å². The molecule has 0 fully saturated rings. The van der Waals surface area contributed by atoms with Crippen LogP contribution in [0.15, 0.2) is 91.0 Å². The lowest BCUT2D eigenvalue weighted by atomic mass is 9.76. The van der Waals surface area contributed by atoms with Crippen molar-refractivity contribution in [2.45, 2.75) is 78.1 Å². The van der Waals surface area contributed by atoms with Gasteiger partial charge in [-0.2, -0.15) is 0 Å². The maximum absolute atomic E-state index is 10.8. The van der Waals surface area contributed by atoms with E-state index in [9.17, 15) is 30.6 Å². The third-order valence-corrected chi connectivity index (χ3v) is 10.9. The van der Waals surface area contributed by atoms with E-state index in [2.05, 4.69) is 113 Å². The van der Waals surface area contributed by atoms with Crippen LogP contribution in [0, 0.1) is 13.8 Å². The average Bonchev–Trinajstić information content (AvgIpc) is 3.14. The summed E-state index contributed by atoms with van der Waals surface area (Å²) in [5.74, 6) is 0.282. The number of aryl methyl sites for hydroxylation is 2. The van der Waals surface area contributed by atoms with Gasteiger partial charge in [0.15, 0.2) is 0 Å². The zero-order valence-corrected chi connectivity index (χ0v) is 31.9. The average molecular weight is 718 g/mol. The van der Waals surface area contributed by atoms with Crippen molar-refractivity contribution < 1.29 is 30.6 Å². The van der Waals surface area contributed by atoms with Crippen molar-refractivity contribution in [2.75, 3.05) is 31.3 Å². The number of nitrogens with zero attached hydrogens (tertiary/aromatic N) is 1. The number of hydrogen-bond donors (Lipinski definition) is 6. The number of aliphatic hydroxyl groups excluding tert-OH is 4. The van der Waals surface area contributed by atoms with Gasteiger partial charge in [0.2, 0.25) is 0 Å². The molecule has 0 saturated carbocycles. The highest BCUT2D eigenvalue weighted by atomic mass is 16.3. The van der Waals surface area contributed by atoms with Crippen molar-refractivity contribution in [1.29, 1.82) is 0 Å². The molecule has 0 radical (unpaired) electrons. The van der Waals surface area contributed by atoms with Crippen LogP contribution in [0.3, 0.4) is 0 Å². The molecular weight excluding hydrogens is 663 g/mol. The molecular formula is C46H55NO6. The number of aliphatic hydroxyl groups is 4. The minimum Gasteiger partial charge on any atom is -0.507 e. The maximum atomic E-state index is 10.8. The summed E-state index contributed by atoms with van der Waals surface area (Å²) in [4.78, 5) is 2.25. The molecule has 0 aliphatic heterocycles. The van der Waals surface area contributed by atoms with E-state index >= 15 is 0 Å². The van der Waals surface area contributed by atoms with Crippen LogP contribution in [-0.4, -0.2) is 57.1 Å². The second-order valence-electron chi connectivity index (χ2n) is 15.1. The minimum atomic E-state index is -0.429. The Morgan fingerprint density at radius 3 is 1.04 bits per heavy atom. The third-order valence-electron chi connectivity index (χ3n) is 10.9. The molecule has 0 unspecified atom stereocenters. The lowest BCUT2D eigenvalue weighted by molar-refractivity contribution is 0.293. The zero-order chi connectivity index (χ0) is 38.5. The smallest absolute Gasteiger partial charge is 0.122 e. The Morgan fingerprint density at radius 2 is 0.736 bits per heavy atom. The van der Waals surface area contributed by atoms with Crippen LogP contribution in [0.4, 0.5) is 17.1 Å². The van der Waals surface area contributed by atoms with Crippen molar-refractivity contribution >= 4 is 17.1 Å². The molecule has 0 spiro atoms. The van der Waals surface area contributed by atoms with Crippen LogP contribution in [0.5, 0.6) is 11.5 Å². The van der Waals surface area contributed by atoms with E-state index in [0.29, 0.717) is 47.9 Å². The van der Waals surface area contributed by atoms with Crippen molar-refractivity contribution in [3.05, 3.63) is 147 Å². The van der Waals surface area contributed by atoms with Crippen LogP contribution in [0.1, 0.15) is 83.3 Å². The van der Waals surface area contributed by atoms with Gasteiger partial charge >= 0.3 is 0 Å². The summed E-state index contributed by atoms with van der Waals surface area (Å²) < 4.78 is 0. The fraction of sp³-hybridized carbons (Fsp3) is 0.348. The quantitative estimate of drug-likeness (QED) is 0.0649. The second-order valence-corrected chi connectivity index (χ2v) is 15.1. The van der Waals surface area contributed by atoms with Gasteiger partial charge in [-0.25, -0.2) is 0 Å². The highest BCUT2D eigenvalue weighted by Crippen LogP contribution is 2.42. The highest BCUT2D eigenvalue weighted by Gasteiger charge is 2.28. The van der Waals surface area contributed by atoms with Crippen molar-refractivity contribution in [3.8, 4) is 11.5 Å². The molecule has 5 aromatic rings. The van der Waals surface area contributed by atoms with Gasteiger partial charge in [-0.1, -0.05) is 82.3 Å². The molecule has 7 nitrogen and oxygen atoms in total. The fourth-order valence-corrected chi connectivity index (χ4v) is 7.19. The van der Waals surface area contributed by atoms with Gasteiger partial charge in [0.05, 0.1) is 0 Å². The molecule has 6 N–H and O–H groups in total. The van der Waals surface area contributed by atoms with Gasteiger partial charge in [-0.15, -0.1) is 0 Å². The van der Waals surface area contributed by atoms with Gasteiger partial charge in [0.1, 0.15) is 11.5 Å². The lowest BCUT2D eigenvalue weighted by Gasteiger charge is -2.31. The summed E-state index contributed by atoms with van der Waals surface area (Å²) >= 11 is 0. The number of benzene rings is 5. The number of phenols is 2. The third kappa shape index (κ3) is 8.29. The maximum Gasteiger partial charge on any atom is 0.122 e. The Balaban J connectivity index is 1.54. The summed E-state index contributed by atoms with van der Waals surface area (Å²) in [5, 5.41) is 60.2. The number of hydrogen-bond acceptors (Lipinski definition) is 7. The predicted molar refractivity (Wildman–Crippen MR) is 214 cm³/mol. The fourth-order valence-electron chi connectivity index (χ4n) is 7.19. The van der Waals surface area contributed by atoms with Gasteiger partial charge in [-0.05, 0) is 132 Å². The van der Waals surface area contributed by atoms with Crippen LogP contribution < -0.4 is 4.90 Å².